The van der Waals surface area contributed by atoms with Crippen LogP contribution < -0.4 is 0 Å². The lowest BCUT2D eigenvalue weighted by atomic mass is 9.65. The van der Waals surface area contributed by atoms with Crippen molar-refractivity contribution in [3.63, 3.8) is 0 Å². The molecule has 0 fully saturated rings. The molecule has 302 valence electrons. The molecule has 2 aliphatic rings. The van der Waals surface area contributed by atoms with Crippen molar-refractivity contribution in [3.05, 3.63) is 259 Å². The van der Waals surface area contributed by atoms with Crippen LogP contribution in [0.4, 0.5) is 0 Å². The number of hydrogen-bond acceptors (Lipinski definition) is 3. The highest BCUT2D eigenvalue weighted by Gasteiger charge is 2.49. The topological polar surface area (TPSA) is 38.7 Å². The molecule has 0 radical (unpaired) electrons. The van der Waals surface area contributed by atoms with Gasteiger partial charge in [0.05, 0.1) is 16.8 Å². The van der Waals surface area contributed by atoms with Crippen LogP contribution in [0.5, 0.6) is 0 Å². The Morgan fingerprint density at radius 1 is 0.292 bits per heavy atom. The van der Waals surface area contributed by atoms with E-state index in [2.05, 4.69) is 223 Å². The summed E-state index contributed by atoms with van der Waals surface area (Å²) < 4.78 is 0. The van der Waals surface area contributed by atoms with Gasteiger partial charge in [0.1, 0.15) is 0 Å². The summed E-state index contributed by atoms with van der Waals surface area (Å²) in [6, 6.07) is 81.6. The van der Waals surface area contributed by atoms with Gasteiger partial charge in [-0.05, 0) is 107 Å². The largest absolute Gasteiger partial charge is 0.264 e. The molecule has 2 heterocycles. The van der Waals surface area contributed by atoms with Gasteiger partial charge in [-0.15, -0.1) is 0 Å². The molecule has 0 bridgehead atoms. The van der Waals surface area contributed by atoms with Gasteiger partial charge in [-0.2, -0.15) is 0 Å². The minimum Gasteiger partial charge on any atom is -0.264 e. The predicted octanol–water partition coefficient (Wildman–Crippen LogP) is 15.4. The molecule has 13 rings (SSSR count). The second-order valence-corrected chi connectivity index (χ2v) is 17.1. The van der Waals surface area contributed by atoms with Gasteiger partial charge in [0.2, 0.25) is 0 Å². The Morgan fingerprint density at radius 2 is 0.785 bits per heavy atom. The summed E-state index contributed by atoms with van der Waals surface area (Å²) in [6.07, 6.45) is 3.71. The molecule has 3 nitrogen and oxygen atoms in total. The van der Waals surface area contributed by atoms with Gasteiger partial charge in [0.25, 0.3) is 0 Å². The van der Waals surface area contributed by atoms with E-state index in [9.17, 15) is 0 Å². The van der Waals surface area contributed by atoms with Gasteiger partial charge in [0, 0.05) is 29.1 Å². The Kier molecular flexibility index (Phi) is 8.44. The smallest absolute Gasteiger partial charge is 0.160 e. The predicted molar refractivity (Wildman–Crippen MR) is 266 cm³/mol. The fraction of sp³-hybridized carbons (Fsp3) is 0.0161. The van der Waals surface area contributed by atoms with Crippen molar-refractivity contribution in [1.29, 1.82) is 0 Å². The number of nitrogens with zero attached hydrogens (tertiary/aromatic N) is 3. The fourth-order valence-electron chi connectivity index (χ4n) is 10.7. The van der Waals surface area contributed by atoms with Crippen molar-refractivity contribution in [2.45, 2.75) is 5.41 Å². The molecule has 0 atom stereocenters. The van der Waals surface area contributed by atoms with Gasteiger partial charge < -0.3 is 0 Å². The van der Waals surface area contributed by atoms with E-state index >= 15 is 0 Å². The van der Waals surface area contributed by atoms with Gasteiger partial charge in [-0.3, -0.25) is 4.98 Å². The van der Waals surface area contributed by atoms with Crippen LogP contribution in [-0.4, -0.2) is 15.0 Å². The van der Waals surface area contributed by atoms with E-state index in [0.29, 0.717) is 5.82 Å². The molecule has 11 aromatic rings. The summed E-state index contributed by atoms with van der Waals surface area (Å²) in [5, 5.41) is 2.46. The highest BCUT2D eigenvalue weighted by Crippen LogP contribution is 2.61. The van der Waals surface area contributed by atoms with Crippen LogP contribution in [0.1, 0.15) is 22.3 Å². The lowest BCUT2D eigenvalue weighted by Gasteiger charge is -2.35. The van der Waals surface area contributed by atoms with Gasteiger partial charge in [-0.1, -0.05) is 206 Å². The Labute approximate surface area is 378 Å². The summed E-state index contributed by atoms with van der Waals surface area (Å²) in [5.41, 5.74) is 21.3. The normalized spacial score (nSPS) is 12.7. The van der Waals surface area contributed by atoms with E-state index in [-0.39, 0.29) is 0 Å². The van der Waals surface area contributed by atoms with Crippen molar-refractivity contribution in [2.75, 3.05) is 0 Å². The summed E-state index contributed by atoms with van der Waals surface area (Å²) in [5.74, 6) is 0.676. The van der Waals surface area contributed by atoms with E-state index in [0.717, 1.165) is 44.8 Å². The van der Waals surface area contributed by atoms with Crippen LogP contribution in [0.25, 0.3) is 100 Å². The van der Waals surface area contributed by atoms with Crippen LogP contribution in [0, 0.1) is 0 Å². The first-order chi connectivity index (χ1) is 32.2. The molecule has 0 aliphatic heterocycles. The summed E-state index contributed by atoms with van der Waals surface area (Å²) in [7, 11) is 0. The van der Waals surface area contributed by atoms with Crippen LogP contribution in [0.3, 0.4) is 0 Å². The van der Waals surface area contributed by atoms with Crippen molar-refractivity contribution < 1.29 is 0 Å². The quantitative estimate of drug-likeness (QED) is 0.173. The fourth-order valence-corrected chi connectivity index (χ4v) is 10.7. The second kappa shape index (κ2) is 14.8. The molecule has 2 aliphatic carbocycles. The molecule has 0 saturated heterocycles. The lowest BCUT2D eigenvalue weighted by molar-refractivity contribution is 0.775. The molecule has 1 spiro atoms. The van der Waals surface area contributed by atoms with Crippen LogP contribution in [-0.2, 0) is 5.41 Å². The maximum Gasteiger partial charge on any atom is 0.160 e. The Bertz CT molecular complexity index is 3590. The van der Waals surface area contributed by atoms with Crippen molar-refractivity contribution >= 4 is 10.8 Å². The Morgan fingerprint density at radius 3 is 1.45 bits per heavy atom. The Balaban J connectivity index is 1.04. The van der Waals surface area contributed by atoms with Gasteiger partial charge >= 0.3 is 0 Å². The highest BCUT2D eigenvalue weighted by molar-refractivity contribution is 5.99. The molecular formula is C62H39N3. The number of benzene rings is 9. The zero-order valence-corrected chi connectivity index (χ0v) is 35.4. The average Bonchev–Trinajstić information content (AvgIpc) is 3.63. The van der Waals surface area contributed by atoms with Crippen molar-refractivity contribution in [1.82, 2.24) is 15.0 Å². The molecule has 2 aromatic heterocycles. The number of aromatic nitrogens is 3. The summed E-state index contributed by atoms with van der Waals surface area (Å²) in [4.78, 5) is 15.1. The van der Waals surface area contributed by atoms with E-state index in [1.54, 1.807) is 0 Å². The zero-order chi connectivity index (χ0) is 42.9. The van der Waals surface area contributed by atoms with E-state index < -0.39 is 5.41 Å². The van der Waals surface area contributed by atoms with Gasteiger partial charge in [0.15, 0.2) is 5.82 Å². The number of pyridine rings is 1. The first-order valence-corrected chi connectivity index (χ1v) is 22.2. The molecule has 65 heavy (non-hydrogen) atoms. The first kappa shape index (κ1) is 37.1. The average molecular weight is 826 g/mol. The Hall–Kier alpha value is -8.53. The van der Waals surface area contributed by atoms with Crippen molar-refractivity contribution in [3.8, 4) is 89.5 Å². The van der Waals surface area contributed by atoms with Gasteiger partial charge in [-0.25, -0.2) is 9.97 Å². The lowest BCUT2D eigenvalue weighted by Crippen LogP contribution is -2.29. The molecule has 0 N–H and O–H groups in total. The third-order valence-electron chi connectivity index (χ3n) is 13.7. The van der Waals surface area contributed by atoms with Crippen LogP contribution >= 0.6 is 0 Å². The third-order valence-corrected chi connectivity index (χ3v) is 13.7. The number of fused-ring (bicyclic) bond motifs is 13. The maximum absolute atomic E-state index is 5.46. The van der Waals surface area contributed by atoms with E-state index in [1.807, 2.05) is 18.5 Å². The number of hydrogen-bond donors (Lipinski definition) is 0. The van der Waals surface area contributed by atoms with Crippen LogP contribution in [0.2, 0.25) is 0 Å². The zero-order valence-electron chi connectivity index (χ0n) is 35.4. The van der Waals surface area contributed by atoms with Crippen LogP contribution in [0.15, 0.2) is 237 Å². The monoisotopic (exact) mass is 825 g/mol. The minimum atomic E-state index is -0.591. The summed E-state index contributed by atoms with van der Waals surface area (Å²) >= 11 is 0. The molecular weight excluding hydrogens is 787 g/mol. The number of rotatable bonds is 5. The molecule has 3 heteroatoms. The second-order valence-electron chi connectivity index (χ2n) is 17.1. The highest BCUT2D eigenvalue weighted by atomic mass is 14.9. The molecule has 0 saturated carbocycles. The first-order valence-electron chi connectivity index (χ1n) is 22.2. The third kappa shape index (κ3) is 5.79. The molecule has 0 unspecified atom stereocenters. The molecule has 9 aromatic carbocycles. The summed E-state index contributed by atoms with van der Waals surface area (Å²) in [6.45, 7) is 0. The minimum absolute atomic E-state index is 0.591. The van der Waals surface area contributed by atoms with Crippen molar-refractivity contribution in [2.24, 2.45) is 0 Å². The standard InChI is InChI=1S/C62H39N3/c1-2-16-47-41(13-1)14-11-22-48(47)42-28-32-44(33-29-42)61-64-59(43-30-26-40(27-31-43)46-15-12-36-63-39-46)38-60(65-61)45-34-35-54-50-18-4-3-17-49(50)51-19-5-8-23-55(51)62(58(54)37-45)56-24-9-6-20-52(56)53-21-7-10-25-57(53)62/h1-39H. The SMILES string of the molecule is c1cncc(-c2ccc(-c3cc(-c4ccc5c(c4)C4(c6ccccc6-c6ccccc6-5)c5ccccc5-c5ccccc54)nc(-c4ccc(-c5cccc6ccccc56)cc4)n3)cc2)c1. The molecule has 0 amide bonds. The maximum atomic E-state index is 5.46. The van der Waals surface area contributed by atoms with E-state index in [4.69, 9.17) is 9.97 Å². The van der Waals surface area contributed by atoms with E-state index in [1.165, 1.54) is 72.0 Å².